The van der Waals surface area contributed by atoms with Crippen molar-refractivity contribution >= 4 is 17.3 Å². The van der Waals surface area contributed by atoms with E-state index in [4.69, 9.17) is 4.99 Å². The van der Waals surface area contributed by atoms with E-state index in [0.717, 1.165) is 22.6 Å². The van der Waals surface area contributed by atoms with Crippen molar-refractivity contribution in [2.75, 3.05) is 0 Å². The van der Waals surface area contributed by atoms with Crippen LogP contribution in [0.4, 0.5) is 0 Å². The van der Waals surface area contributed by atoms with Crippen LogP contribution >= 0.6 is 0 Å². The van der Waals surface area contributed by atoms with Crippen molar-refractivity contribution in [2.24, 2.45) is 9.98 Å². The molecule has 5 heteroatoms. The average molecular weight is 334 g/mol. The van der Waals surface area contributed by atoms with Gasteiger partial charge in [0.05, 0.1) is 30.0 Å². The standard InChI is InChI=1S/C20H20N3O2/c1-13(24)8-9-18(25)22-16-6-4-5-14-15-10-12-21-17-7-2-3-11-20(15,17)23-19(14)16/h2-5,7,9-13,16,24H,6,8H2,1H3,(H,22,25). The van der Waals surface area contributed by atoms with Crippen molar-refractivity contribution in [3.8, 4) is 0 Å². The number of nitrogens with zero attached hydrogens (tertiary/aromatic N) is 2. The molecule has 2 heterocycles. The second-order valence-electron chi connectivity index (χ2n) is 6.63. The summed E-state index contributed by atoms with van der Waals surface area (Å²) in [6.07, 6.45) is 18.0. The molecular formula is C20H20N3O2. The Hall–Kier alpha value is -2.53. The molecule has 1 amide bonds. The van der Waals surface area contributed by atoms with Crippen molar-refractivity contribution in [1.29, 1.82) is 0 Å². The third kappa shape index (κ3) is 2.65. The Morgan fingerprint density at radius 3 is 3.16 bits per heavy atom. The molecule has 3 atom stereocenters. The monoisotopic (exact) mass is 334 g/mol. The predicted molar refractivity (Wildman–Crippen MR) is 98.3 cm³/mol. The van der Waals surface area contributed by atoms with Gasteiger partial charge in [0.1, 0.15) is 5.54 Å². The molecule has 1 radical (unpaired) electrons. The molecule has 0 saturated carbocycles. The van der Waals surface area contributed by atoms with Crippen LogP contribution in [0.1, 0.15) is 19.8 Å². The van der Waals surface area contributed by atoms with Crippen LogP contribution in [0.3, 0.4) is 0 Å². The fourth-order valence-corrected chi connectivity index (χ4v) is 3.59. The second kappa shape index (κ2) is 6.08. The number of amides is 1. The topological polar surface area (TPSA) is 74.0 Å². The van der Waals surface area contributed by atoms with Gasteiger partial charge in [0.2, 0.25) is 5.91 Å². The number of nitrogens with one attached hydrogen (secondary N) is 1. The smallest absolute Gasteiger partial charge is 0.224 e. The zero-order chi connectivity index (χ0) is 17.4. The summed E-state index contributed by atoms with van der Waals surface area (Å²) in [6, 6.07) is -0.167. The van der Waals surface area contributed by atoms with Gasteiger partial charge in [-0.15, -0.1) is 0 Å². The molecule has 0 saturated heterocycles. The van der Waals surface area contributed by atoms with E-state index in [1.165, 1.54) is 6.42 Å². The van der Waals surface area contributed by atoms with Gasteiger partial charge in [-0.2, -0.15) is 0 Å². The average Bonchev–Trinajstić information content (AvgIpc) is 2.94. The summed E-state index contributed by atoms with van der Waals surface area (Å²) < 4.78 is 0. The molecule has 0 aromatic rings. The van der Waals surface area contributed by atoms with Crippen LogP contribution in [-0.4, -0.2) is 40.1 Å². The highest BCUT2D eigenvalue weighted by atomic mass is 16.3. The van der Waals surface area contributed by atoms with E-state index >= 15 is 0 Å². The first-order valence-electron chi connectivity index (χ1n) is 8.54. The summed E-state index contributed by atoms with van der Waals surface area (Å²) in [5, 5.41) is 12.4. The molecule has 2 aliphatic heterocycles. The van der Waals surface area contributed by atoms with Gasteiger partial charge in [-0.1, -0.05) is 24.3 Å². The molecule has 5 nitrogen and oxygen atoms in total. The maximum Gasteiger partial charge on any atom is 0.224 e. The number of fused-ring (bicyclic) bond motifs is 1. The molecule has 2 aliphatic carbocycles. The molecule has 1 spiro atoms. The van der Waals surface area contributed by atoms with Crippen molar-refractivity contribution in [1.82, 2.24) is 5.32 Å². The predicted octanol–water partition coefficient (Wildman–Crippen LogP) is 1.99. The highest BCUT2D eigenvalue weighted by molar-refractivity contribution is 6.20. The molecule has 4 aliphatic rings. The van der Waals surface area contributed by atoms with E-state index in [0.29, 0.717) is 12.8 Å². The highest BCUT2D eigenvalue weighted by Gasteiger charge is 2.45. The Morgan fingerprint density at radius 2 is 2.32 bits per heavy atom. The Balaban J connectivity index is 1.64. The summed E-state index contributed by atoms with van der Waals surface area (Å²) in [4.78, 5) is 21.7. The van der Waals surface area contributed by atoms with E-state index in [-0.39, 0.29) is 11.9 Å². The van der Waals surface area contributed by atoms with Crippen molar-refractivity contribution in [3.63, 3.8) is 0 Å². The van der Waals surface area contributed by atoms with E-state index in [1.54, 1.807) is 6.92 Å². The Morgan fingerprint density at radius 1 is 1.44 bits per heavy atom. The fraction of sp³-hybridized carbons (Fsp3) is 0.300. The van der Waals surface area contributed by atoms with Crippen molar-refractivity contribution in [3.05, 3.63) is 66.3 Å². The number of rotatable bonds is 4. The Bertz CT molecular complexity index is 824. The van der Waals surface area contributed by atoms with Crippen LogP contribution in [0.2, 0.25) is 0 Å². The number of aliphatic hydroxyl groups is 1. The van der Waals surface area contributed by atoms with Crippen molar-refractivity contribution in [2.45, 2.75) is 37.5 Å². The lowest BCUT2D eigenvalue weighted by Gasteiger charge is -2.29. The fourth-order valence-electron chi connectivity index (χ4n) is 3.59. The first-order valence-corrected chi connectivity index (χ1v) is 8.54. The SMILES string of the molecule is CC(O)C[CH]C(=O)NC1CC=CC2=C3C=CN=C4C=CC=CC43N=C21. The van der Waals surface area contributed by atoms with Gasteiger partial charge in [-0.25, -0.2) is 0 Å². The zero-order valence-electron chi connectivity index (χ0n) is 14.0. The third-order valence-corrected chi connectivity index (χ3v) is 4.77. The Kier molecular flexibility index (Phi) is 3.88. The number of allylic oxidation sites excluding steroid dienone is 3. The Labute approximate surface area is 146 Å². The van der Waals surface area contributed by atoms with Gasteiger partial charge in [0.15, 0.2) is 0 Å². The minimum atomic E-state index is -0.560. The van der Waals surface area contributed by atoms with Gasteiger partial charge >= 0.3 is 0 Å². The molecule has 0 bridgehead atoms. The molecule has 127 valence electrons. The summed E-state index contributed by atoms with van der Waals surface area (Å²) in [6.45, 7) is 1.66. The number of aliphatic imine (C=N–C) groups is 2. The first-order chi connectivity index (χ1) is 12.1. The number of carbonyl (C=O) groups excluding carboxylic acids is 1. The molecule has 2 N–H and O–H groups in total. The molecule has 0 fully saturated rings. The maximum absolute atomic E-state index is 12.2. The van der Waals surface area contributed by atoms with Crippen LogP contribution in [0.5, 0.6) is 0 Å². The minimum Gasteiger partial charge on any atom is -0.393 e. The van der Waals surface area contributed by atoms with Crippen LogP contribution in [0.15, 0.2) is 69.9 Å². The zero-order valence-corrected chi connectivity index (χ0v) is 14.0. The summed E-state index contributed by atoms with van der Waals surface area (Å²) in [7, 11) is 0. The van der Waals surface area contributed by atoms with Crippen LogP contribution in [0, 0.1) is 6.42 Å². The van der Waals surface area contributed by atoms with Gasteiger partial charge in [-0.05, 0) is 38.0 Å². The van der Waals surface area contributed by atoms with Gasteiger partial charge < -0.3 is 10.4 Å². The highest BCUT2D eigenvalue weighted by Crippen LogP contribution is 2.42. The molecule has 0 aromatic carbocycles. The normalized spacial score (nSPS) is 29.6. The van der Waals surface area contributed by atoms with E-state index in [9.17, 15) is 9.90 Å². The lowest BCUT2D eigenvalue weighted by Crippen LogP contribution is -2.42. The van der Waals surface area contributed by atoms with E-state index in [2.05, 4.69) is 28.5 Å². The van der Waals surface area contributed by atoms with Gasteiger partial charge in [0.25, 0.3) is 0 Å². The van der Waals surface area contributed by atoms with Crippen molar-refractivity contribution < 1.29 is 9.90 Å². The van der Waals surface area contributed by atoms with Crippen LogP contribution < -0.4 is 5.32 Å². The molecular weight excluding hydrogens is 314 g/mol. The van der Waals surface area contributed by atoms with E-state index in [1.807, 2.05) is 30.5 Å². The quantitative estimate of drug-likeness (QED) is 0.825. The minimum absolute atomic E-state index is 0.167. The largest absolute Gasteiger partial charge is 0.393 e. The number of aliphatic hydroxyl groups excluding tert-OH is 1. The number of carbonyl (C=O) groups is 1. The van der Waals surface area contributed by atoms with Gasteiger partial charge in [0, 0.05) is 17.3 Å². The first kappa shape index (κ1) is 16.0. The summed E-state index contributed by atoms with van der Waals surface area (Å²) in [5.41, 5.74) is 3.42. The molecule has 25 heavy (non-hydrogen) atoms. The number of hydrogen-bond acceptors (Lipinski definition) is 4. The molecule has 3 unspecified atom stereocenters. The lowest BCUT2D eigenvalue weighted by atomic mass is 9.79. The molecule has 0 aromatic heterocycles. The second-order valence-corrected chi connectivity index (χ2v) is 6.63. The maximum atomic E-state index is 12.2. The van der Waals surface area contributed by atoms with Crippen LogP contribution in [0.25, 0.3) is 0 Å². The van der Waals surface area contributed by atoms with Crippen LogP contribution in [-0.2, 0) is 4.79 Å². The van der Waals surface area contributed by atoms with Gasteiger partial charge in [-0.3, -0.25) is 14.8 Å². The lowest BCUT2D eigenvalue weighted by molar-refractivity contribution is -0.118. The van der Waals surface area contributed by atoms with E-state index < -0.39 is 11.6 Å². The molecule has 4 rings (SSSR count). The summed E-state index contributed by atoms with van der Waals surface area (Å²) >= 11 is 0. The summed E-state index contributed by atoms with van der Waals surface area (Å²) in [5.74, 6) is -0.177. The number of hydrogen-bond donors (Lipinski definition) is 2. The third-order valence-electron chi connectivity index (χ3n) is 4.77.